The van der Waals surface area contributed by atoms with Gasteiger partial charge in [0.05, 0.1) is 10.4 Å². The Morgan fingerprint density at radius 3 is 2.36 bits per heavy atom. The number of nitrogens with zero attached hydrogens (tertiary/aromatic N) is 1. The highest BCUT2D eigenvalue weighted by Crippen LogP contribution is 2.26. The smallest absolute Gasteiger partial charge is 0.268 e. The highest BCUT2D eigenvalue weighted by atomic mass is 32.2. The van der Waals surface area contributed by atoms with Crippen LogP contribution in [0, 0.1) is 12.8 Å². The minimum Gasteiger partial charge on any atom is -0.324 e. The first-order valence-corrected chi connectivity index (χ1v) is 9.92. The van der Waals surface area contributed by atoms with Crippen LogP contribution >= 0.6 is 0 Å². The lowest BCUT2D eigenvalue weighted by atomic mass is 9.97. The van der Waals surface area contributed by atoms with Crippen molar-refractivity contribution in [2.24, 2.45) is 11.7 Å². The van der Waals surface area contributed by atoms with E-state index in [9.17, 15) is 8.42 Å². The summed E-state index contributed by atoms with van der Waals surface area (Å²) in [5.74, 6) is 0.511. The fraction of sp³-hybridized carbons (Fsp3) is 0.300. The summed E-state index contributed by atoms with van der Waals surface area (Å²) in [5.41, 5.74) is 8.99. The Balaban J connectivity index is 2.02. The molecule has 1 aromatic heterocycles. The molecule has 5 heteroatoms. The van der Waals surface area contributed by atoms with E-state index < -0.39 is 10.0 Å². The van der Waals surface area contributed by atoms with Crippen LogP contribution in [-0.2, 0) is 10.0 Å². The van der Waals surface area contributed by atoms with E-state index in [0.717, 1.165) is 22.9 Å². The van der Waals surface area contributed by atoms with Gasteiger partial charge in [-0.25, -0.2) is 12.4 Å². The number of aromatic nitrogens is 1. The highest BCUT2D eigenvalue weighted by molar-refractivity contribution is 7.90. The maximum atomic E-state index is 12.9. The number of hydrogen-bond donors (Lipinski definition) is 1. The quantitative estimate of drug-likeness (QED) is 0.744. The number of nitrogens with two attached hydrogens (primary N) is 1. The fourth-order valence-corrected chi connectivity index (χ4v) is 4.40. The second-order valence-electron chi connectivity index (χ2n) is 6.98. The van der Waals surface area contributed by atoms with Crippen LogP contribution in [0.15, 0.2) is 59.6 Å². The molecule has 0 fully saturated rings. The van der Waals surface area contributed by atoms with Crippen molar-refractivity contribution in [1.82, 2.24) is 3.97 Å². The monoisotopic (exact) mass is 356 g/mol. The highest BCUT2D eigenvalue weighted by Gasteiger charge is 2.19. The predicted molar refractivity (Wildman–Crippen MR) is 102 cm³/mol. The van der Waals surface area contributed by atoms with E-state index >= 15 is 0 Å². The molecule has 0 saturated carbocycles. The van der Waals surface area contributed by atoms with Gasteiger partial charge in [-0.3, -0.25) is 0 Å². The summed E-state index contributed by atoms with van der Waals surface area (Å²) in [6, 6.07) is 14.4. The van der Waals surface area contributed by atoms with E-state index in [4.69, 9.17) is 5.73 Å². The number of benzene rings is 2. The maximum Gasteiger partial charge on any atom is 0.268 e. The zero-order chi connectivity index (χ0) is 18.2. The molecule has 0 aliphatic carbocycles. The molecule has 1 atom stereocenters. The summed E-state index contributed by atoms with van der Waals surface area (Å²) >= 11 is 0. The molecule has 0 bridgehead atoms. The zero-order valence-electron chi connectivity index (χ0n) is 14.8. The van der Waals surface area contributed by atoms with Crippen molar-refractivity contribution < 1.29 is 8.42 Å². The lowest BCUT2D eigenvalue weighted by Crippen LogP contribution is -2.13. The third kappa shape index (κ3) is 3.48. The first-order chi connectivity index (χ1) is 11.8. The van der Waals surface area contributed by atoms with Crippen LogP contribution in [0.5, 0.6) is 0 Å². The molecule has 1 heterocycles. The Hall–Kier alpha value is -2.11. The molecule has 0 unspecified atom stereocenters. The normalized spacial score (nSPS) is 13.5. The van der Waals surface area contributed by atoms with Gasteiger partial charge in [-0.1, -0.05) is 37.6 Å². The second-order valence-corrected chi connectivity index (χ2v) is 8.80. The molecule has 132 valence electrons. The molecule has 25 heavy (non-hydrogen) atoms. The van der Waals surface area contributed by atoms with Gasteiger partial charge in [-0.2, -0.15) is 0 Å². The summed E-state index contributed by atoms with van der Waals surface area (Å²) in [7, 11) is -3.61. The van der Waals surface area contributed by atoms with E-state index in [-0.39, 0.29) is 10.9 Å². The first kappa shape index (κ1) is 17.7. The van der Waals surface area contributed by atoms with E-state index in [1.54, 1.807) is 18.3 Å². The van der Waals surface area contributed by atoms with Gasteiger partial charge in [0.2, 0.25) is 0 Å². The average molecular weight is 356 g/mol. The minimum absolute atomic E-state index is 0.0403. The second kappa shape index (κ2) is 6.65. The largest absolute Gasteiger partial charge is 0.324 e. The van der Waals surface area contributed by atoms with E-state index in [2.05, 4.69) is 13.8 Å². The SMILES string of the molecule is Cc1ccc(S(=O)(=O)n2ccc3cc([C@@H](N)CC(C)C)ccc32)cc1. The van der Waals surface area contributed by atoms with Gasteiger partial charge < -0.3 is 5.73 Å². The standard InChI is InChI=1S/C20H24N2O2S/c1-14(2)12-19(21)16-6-9-20-17(13-16)10-11-22(20)25(23,24)18-7-4-15(3)5-8-18/h4-11,13-14,19H,12,21H2,1-3H3/t19-/m0/s1. The Morgan fingerprint density at radius 2 is 1.72 bits per heavy atom. The van der Waals surface area contributed by atoms with E-state index in [1.807, 2.05) is 43.3 Å². The van der Waals surface area contributed by atoms with Crippen LogP contribution in [0.1, 0.15) is 37.4 Å². The van der Waals surface area contributed by atoms with Gasteiger partial charge in [0.25, 0.3) is 10.0 Å². The van der Waals surface area contributed by atoms with Gasteiger partial charge in [-0.15, -0.1) is 0 Å². The van der Waals surface area contributed by atoms with Crippen LogP contribution < -0.4 is 5.73 Å². The Morgan fingerprint density at radius 1 is 1.04 bits per heavy atom. The van der Waals surface area contributed by atoms with Gasteiger partial charge in [0.15, 0.2) is 0 Å². The number of fused-ring (bicyclic) bond motifs is 1. The van der Waals surface area contributed by atoms with Crippen molar-refractivity contribution >= 4 is 20.9 Å². The van der Waals surface area contributed by atoms with Gasteiger partial charge in [0.1, 0.15) is 0 Å². The van der Waals surface area contributed by atoms with Crippen LogP contribution in [0.25, 0.3) is 10.9 Å². The van der Waals surface area contributed by atoms with Gasteiger partial charge >= 0.3 is 0 Å². The van der Waals surface area contributed by atoms with E-state index in [0.29, 0.717) is 11.4 Å². The minimum atomic E-state index is -3.61. The summed E-state index contributed by atoms with van der Waals surface area (Å²) < 4.78 is 27.2. The predicted octanol–water partition coefficient (Wildman–Crippen LogP) is 4.23. The molecule has 3 aromatic rings. The summed E-state index contributed by atoms with van der Waals surface area (Å²) in [6.45, 7) is 6.22. The summed E-state index contributed by atoms with van der Waals surface area (Å²) in [4.78, 5) is 0.288. The Labute approximate surface area is 149 Å². The van der Waals surface area contributed by atoms with Crippen molar-refractivity contribution in [3.05, 3.63) is 65.9 Å². The van der Waals surface area contributed by atoms with E-state index in [1.165, 1.54) is 3.97 Å². The number of rotatable bonds is 5. The number of aryl methyl sites for hydroxylation is 1. The van der Waals surface area contributed by atoms with Crippen LogP contribution in [0.4, 0.5) is 0 Å². The molecule has 0 amide bonds. The van der Waals surface area contributed by atoms with Gasteiger partial charge in [-0.05, 0) is 55.2 Å². The number of hydrogen-bond acceptors (Lipinski definition) is 3. The molecule has 0 aliphatic rings. The topological polar surface area (TPSA) is 65.1 Å². The molecule has 0 aliphatic heterocycles. The summed E-state index contributed by atoms with van der Waals surface area (Å²) in [6.07, 6.45) is 2.51. The average Bonchev–Trinajstić information content (AvgIpc) is 2.98. The van der Waals surface area contributed by atoms with Crippen LogP contribution in [0.3, 0.4) is 0 Å². The van der Waals surface area contributed by atoms with Crippen LogP contribution in [0.2, 0.25) is 0 Å². The zero-order valence-corrected chi connectivity index (χ0v) is 15.6. The first-order valence-electron chi connectivity index (χ1n) is 8.48. The van der Waals surface area contributed by atoms with Crippen molar-refractivity contribution in [2.75, 3.05) is 0 Å². The molecular weight excluding hydrogens is 332 g/mol. The molecule has 4 nitrogen and oxygen atoms in total. The lowest BCUT2D eigenvalue weighted by molar-refractivity contribution is 0.510. The van der Waals surface area contributed by atoms with Crippen molar-refractivity contribution in [3.8, 4) is 0 Å². The molecule has 0 radical (unpaired) electrons. The maximum absolute atomic E-state index is 12.9. The molecule has 3 rings (SSSR count). The molecule has 2 N–H and O–H groups in total. The summed E-state index contributed by atoms with van der Waals surface area (Å²) in [5, 5.41) is 0.882. The lowest BCUT2D eigenvalue weighted by Gasteiger charge is -2.15. The molecule has 0 saturated heterocycles. The Kier molecular flexibility index (Phi) is 4.71. The third-order valence-corrected chi connectivity index (χ3v) is 6.11. The van der Waals surface area contributed by atoms with Crippen molar-refractivity contribution in [2.45, 2.75) is 38.1 Å². The van der Waals surface area contributed by atoms with Crippen LogP contribution in [-0.4, -0.2) is 12.4 Å². The third-order valence-electron chi connectivity index (χ3n) is 4.41. The Bertz CT molecular complexity index is 986. The fourth-order valence-electron chi connectivity index (χ4n) is 3.04. The molecule has 2 aromatic carbocycles. The van der Waals surface area contributed by atoms with Crippen molar-refractivity contribution in [1.29, 1.82) is 0 Å². The molecule has 0 spiro atoms. The van der Waals surface area contributed by atoms with Gasteiger partial charge in [0, 0.05) is 17.6 Å². The molecular formula is C20H24N2O2S. The van der Waals surface area contributed by atoms with Crippen molar-refractivity contribution in [3.63, 3.8) is 0 Å².